The molecule has 0 aromatic rings. The van der Waals surface area contributed by atoms with Crippen LogP contribution in [0.25, 0.3) is 0 Å². The van der Waals surface area contributed by atoms with Crippen molar-refractivity contribution in [3.8, 4) is 0 Å². The maximum atomic E-state index is 8.61. The highest BCUT2D eigenvalue weighted by Crippen LogP contribution is 2.07. The summed E-state index contributed by atoms with van der Waals surface area (Å²) in [6.45, 7) is 6.37. The van der Waals surface area contributed by atoms with Crippen molar-refractivity contribution in [1.82, 2.24) is 10.2 Å². The number of hydrogen-bond acceptors (Lipinski definition) is 3. The topological polar surface area (TPSA) is 35.5 Å². The molecule has 1 rings (SSSR count). The Kier molecular flexibility index (Phi) is 7.88. The Hall–Kier alpha value is -0.120. The van der Waals surface area contributed by atoms with Crippen molar-refractivity contribution in [2.75, 3.05) is 39.3 Å². The van der Waals surface area contributed by atoms with Gasteiger partial charge in [-0.3, -0.25) is 0 Å². The number of likely N-dealkylation sites (tertiary alicyclic amines) is 1. The molecule has 1 aliphatic rings. The zero-order valence-electron chi connectivity index (χ0n) is 9.88. The van der Waals surface area contributed by atoms with E-state index in [2.05, 4.69) is 10.2 Å². The molecule has 90 valence electrons. The van der Waals surface area contributed by atoms with Gasteiger partial charge in [-0.15, -0.1) is 0 Å². The fourth-order valence-electron chi connectivity index (χ4n) is 2.08. The van der Waals surface area contributed by atoms with Crippen LogP contribution in [0.3, 0.4) is 0 Å². The van der Waals surface area contributed by atoms with Gasteiger partial charge >= 0.3 is 0 Å². The molecule has 0 radical (unpaired) electrons. The largest absolute Gasteiger partial charge is 0.396 e. The first-order valence-electron chi connectivity index (χ1n) is 6.47. The molecular weight excluding hydrogens is 188 g/mol. The van der Waals surface area contributed by atoms with Gasteiger partial charge in [0.25, 0.3) is 0 Å². The van der Waals surface area contributed by atoms with Crippen LogP contribution < -0.4 is 5.32 Å². The van der Waals surface area contributed by atoms with E-state index in [0.717, 1.165) is 25.9 Å². The molecule has 0 amide bonds. The first kappa shape index (κ1) is 12.9. The van der Waals surface area contributed by atoms with E-state index in [-0.39, 0.29) is 0 Å². The van der Waals surface area contributed by atoms with Crippen molar-refractivity contribution in [2.45, 2.75) is 38.5 Å². The van der Waals surface area contributed by atoms with Gasteiger partial charge in [-0.05, 0) is 51.7 Å². The predicted molar refractivity (Wildman–Crippen MR) is 64.1 cm³/mol. The molecular formula is C12H26N2O. The van der Waals surface area contributed by atoms with E-state index in [0.29, 0.717) is 6.61 Å². The third-order valence-electron chi connectivity index (χ3n) is 3.07. The highest BCUT2D eigenvalue weighted by molar-refractivity contribution is 4.65. The average molecular weight is 214 g/mol. The molecule has 0 aliphatic carbocycles. The van der Waals surface area contributed by atoms with E-state index < -0.39 is 0 Å². The smallest absolute Gasteiger partial charge is 0.0431 e. The number of nitrogens with one attached hydrogen (secondary N) is 1. The lowest BCUT2D eigenvalue weighted by atomic mass is 10.1. The Labute approximate surface area is 93.9 Å². The molecule has 2 N–H and O–H groups in total. The van der Waals surface area contributed by atoms with Crippen LogP contribution in [-0.4, -0.2) is 49.3 Å². The Morgan fingerprint density at radius 3 is 2.47 bits per heavy atom. The Bertz CT molecular complexity index is 136. The molecule has 3 heteroatoms. The Balaban J connectivity index is 1.79. The molecule has 1 fully saturated rings. The number of hydrogen-bond donors (Lipinski definition) is 2. The average Bonchev–Trinajstić information content (AvgIpc) is 2.29. The number of nitrogens with zero attached hydrogens (tertiary/aromatic N) is 1. The summed E-state index contributed by atoms with van der Waals surface area (Å²) in [5.74, 6) is 0. The van der Waals surface area contributed by atoms with E-state index in [9.17, 15) is 0 Å². The summed E-state index contributed by atoms with van der Waals surface area (Å²) >= 11 is 0. The first-order valence-corrected chi connectivity index (χ1v) is 6.47. The lowest BCUT2D eigenvalue weighted by Crippen LogP contribution is -2.36. The zero-order valence-corrected chi connectivity index (χ0v) is 9.88. The molecule has 0 spiro atoms. The van der Waals surface area contributed by atoms with E-state index in [4.69, 9.17) is 5.11 Å². The predicted octanol–water partition coefficient (Wildman–Crippen LogP) is 1.22. The SMILES string of the molecule is OCCCCCNCCN1CCCCC1. The number of aliphatic hydroxyl groups is 1. The van der Waals surface area contributed by atoms with Gasteiger partial charge in [0.15, 0.2) is 0 Å². The minimum atomic E-state index is 0.341. The fraction of sp³-hybridized carbons (Fsp3) is 1.00. The molecule has 0 unspecified atom stereocenters. The monoisotopic (exact) mass is 214 g/mol. The van der Waals surface area contributed by atoms with Crippen LogP contribution in [0.15, 0.2) is 0 Å². The van der Waals surface area contributed by atoms with Gasteiger partial charge in [0.1, 0.15) is 0 Å². The van der Waals surface area contributed by atoms with E-state index in [1.807, 2.05) is 0 Å². The third-order valence-corrected chi connectivity index (χ3v) is 3.07. The molecule has 15 heavy (non-hydrogen) atoms. The number of piperidine rings is 1. The summed E-state index contributed by atoms with van der Waals surface area (Å²) in [6.07, 6.45) is 7.49. The second-order valence-corrected chi connectivity index (χ2v) is 4.44. The van der Waals surface area contributed by atoms with Crippen molar-refractivity contribution in [2.24, 2.45) is 0 Å². The maximum absolute atomic E-state index is 8.61. The summed E-state index contributed by atoms with van der Waals surface area (Å²) in [6, 6.07) is 0. The summed E-state index contributed by atoms with van der Waals surface area (Å²) in [5.41, 5.74) is 0. The normalized spacial score (nSPS) is 18.2. The van der Waals surface area contributed by atoms with Gasteiger partial charge < -0.3 is 15.3 Å². The highest BCUT2D eigenvalue weighted by atomic mass is 16.2. The first-order chi connectivity index (χ1) is 7.43. The number of aliphatic hydroxyl groups excluding tert-OH is 1. The van der Waals surface area contributed by atoms with Crippen molar-refractivity contribution in [1.29, 1.82) is 0 Å². The molecule has 1 aliphatic heterocycles. The van der Waals surface area contributed by atoms with Crippen LogP contribution in [0.2, 0.25) is 0 Å². The van der Waals surface area contributed by atoms with Crippen LogP contribution in [0.5, 0.6) is 0 Å². The van der Waals surface area contributed by atoms with Crippen LogP contribution in [0.4, 0.5) is 0 Å². The quantitative estimate of drug-likeness (QED) is 0.596. The van der Waals surface area contributed by atoms with E-state index in [1.54, 1.807) is 0 Å². The Morgan fingerprint density at radius 2 is 1.73 bits per heavy atom. The van der Waals surface area contributed by atoms with Crippen LogP contribution in [0, 0.1) is 0 Å². The number of rotatable bonds is 8. The summed E-state index contributed by atoms with van der Waals surface area (Å²) in [5, 5.41) is 12.1. The van der Waals surface area contributed by atoms with Crippen molar-refractivity contribution < 1.29 is 5.11 Å². The molecule has 1 saturated heterocycles. The zero-order chi connectivity index (χ0) is 10.8. The summed E-state index contributed by atoms with van der Waals surface area (Å²) in [4.78, 5) is 2.56. The van der Waals surface area contributed by atoms with Crippen LogP contribution in [0.1, 0.15) is 38.5 Å². The van der Waals surface area contributed by atoms with Crippen molar-refractivity contribution >= 4 is 0 Å². The lowest BCUT2D eigenvalue weighted by molar-refractivity contribution is 0.229. The van der Waals surface area contributed by atoms with Crippen LogP contribution in [-0.2, 0) is 0 Å². The minimum absolute atomic E-state index is 0.341. The van der Waals surface area contributed by atoms with Crippen molar-refractivity contribution in [3.05, 3.63) is 0 Å². The fourth-order valence-corrected chi connectivity index (χ4v) is 2.08. The molecule has 0 atom stereocenters. The van der Waals surface area contributed by atoms with Crippen LogP contribution >= 0.6 is 0 Å². The second kappa shape index (κ2) is 9.13. The summed E-state index contributed by atoms with van der Waals surface area (Å²) in [7, 11) is 0. The number of unbranched alkanes of at least 4 members (excludes halogenated alkanes) is 2. The van der Waals surface area contributed by atoms with Crippen molar-refractivity contribution in [3.63, 3.8) is 0 Å². The molecule has 0 aromatic carbocycles. The van der Waals surface area contributed by atoms with Gasteiger partial charge in [-0.25, -0.2) is 0 Å². The van der Waals surface area contributed by atoms with E-state index >= 15 is 0 Å². The standard InChI is InChI=1S/C12H26N2O/c15-12-6-1-3-7-13-8-11-14-9-4-2-5-10-14/h13,15H,1-12H2. The molecule has 0 aromatic heterocycles. The third kappa shape index (κ3) is 6.88. The van der Waals surface area contributed by atoms with Gasteiger partial charge in [0.2, 0.25) is 0 Å². The van der Waals surface area contributed by atoms with Gasteiger partial charge in [-0.2, -0.15) is 0 Å². The maximum Gasteiger partial charge on any atom is 0.0431 e. The lowest BCUT2D eigenvalue weighted by Gasteiger charge is -2.26. The Morgan fingerprint density at radius 1 is 0.933 bits per heavy atom. The molecule has 1 heterocycles. The summed E-state index contributed by atoms with van der Waals surface area (Å²) < 4.78 is 0. The minimum Gasteiger partial charge on any atom is -0.396 e. The molecule has 3 nitrogen and oxygen atoms in total. The second-order valence-electron chi connectivity index (χ2n) is 4.44. The molecule has 0 bridgehead atoms. The van der Waals surface area contributed by atoms with Gasteiger partial charge in [0, 0.05) is 19.7 Å². The van der Waals surface area contributed by atoms with Gasteiger partial charge in [0.05, 0.1) is 0 Å². The molecule has 0 saturated carbocycles. The highest BCUT2D eigenvalue weighted by Gasteiger charge is 2.08. The van der Waals surface area contributed by atoms with Gasteiger partial charge in [-0.1, -0.05) is 6.42 Å². The van der Waals surface area contributed by atoms with E-state index in [1.165, 1.54) is 45.3 Å².